The number of aromatic nitrogens is 2. The van der Waals surface area contributed by atoms with Crippen LogP contribution in [0.4, 0.5) is 0 Å². The minimum absolute atomic E-state index is 0.00766. The van der Waals surface area contributed by atoms with Crippen LogP contribution in [0.3, 0.4) is 0 Å². The normalized spacial score (nSPS) is 17.9. The highest BCUT2D eigenvalue weighted by Gasteiger charge is 2.37. The number of imidazole rings is 1. The van der Waals surface area contributed by atoms with E-state index in [2.05, 4.69) is 25.6 Å². The van der Waals surface area contributed by atoms with Crippen molar-refractivity contribution < 1.29 is 24.3 Å². The first kappa shape index (κ1) is 26.6. The number of hydrogen-bond acceptors (Lipinski definition) is 7. The molecule has 34 heavy (non-hydrogen) atoms. The number of carboxylic acids is 1. The molecular formula is C20H33N9O5. The van der Waals surface area contributed by atoms with Gasteiger partial charge < -0.3 is 42.8 Å². The summed E-state index contributed by atoms with van der Waals surface area (Å²) in [7, 11) is 0. The lowest BCUT2D eigenvalue weighted by Crippen LogP contribution is -2.56. The van der Waals surface area contributed by atoms with Gasteiger partial charge in [-0.3, -0.25) is 19.4 Å². The summed E-state index contributed by atoms with van der Waals surface area (Å²) in [4.78, 5) is 61.5. The number of nitrogens with zero attached hydrogens (tertiary/aromatic N) is 3. The Hall–Kier alpha value is -3.68. The number of H-pyrrole nitrogens is 1. The minimum atomic E-state index is -1.22. The zero-order valence-electron chi connectivity index (χ0n) is 19.1. The van der Waals surface area contributed by atoms with Crippen LogP contribution in [0, 0.1) is 0 Å². The van der Waals surface area contributed by atoms with Crippen molar-refractivity contribution in [3.63, 3.8) is 0 Å². The molecule has 1 aliphatic heterocycles. The van der Waals surface area contributed by atoms with Gasteiger partial charge in [-0.05, 0) is 32.6 Å². The van der Waals surface area contributed by atoms with E-state index in [-0.39, 0.29) is 18.3 Å². The van der Waals surface area contributed by atoms with E-state index < -0.39 is 42.0 Å². The number of nitrogens with one attached hydrogen (secondary N) is 3. The van der Waals surface area contributed by atoms with Gasteiger partial charge in [0.1, 0.15) is 18.1 Å². The second-order valence-electron chi connectivity index (χ2n) is 8.16. The van der Waals surface area contributed by atoms with Crippen LogP contribution in [0.15, 0.2) is 17.5 Å². The predicted octanol–water partition coefficient (Wildman–Crippen LogP) is -2.60. The molecule has 0 spiro atoms. The third-order valence-electron chi connectivity index (χ3n) is 5.47. The lowest BCUT2D eigenvalue weighted by Gasteiger charge is -2.28. The summed E-state index contributed by atoms with van der Waals surface area (Å²) in [5.74, 6) is -2.77. The van der Waals surface area contributed by atoms with Crippen molar-refractivity contribution in [1.29, 1.82) is 0 Å². The van der Waals surface area contributed by atoms with Crippen molar-refractivity contribution in [1.82, 2.24) is 25.5 Å². The Bertz CT molecular complexity index is 885. The molecule has 0 aliphatic carbocycles. The number of amides is 3. The lowest BCUT2D eigenvalue weighted by molar-refractivity contribution is -0.143. The SMILES string of the molecule is CC(NC(=O)C1CCCN1C(=O)C(N)CCCN=C(N)N)C(=O)NC(Cc1cnc[nH]1)C(=O)O. The van der Waals surface area contributed by atoms with Crippen LogP contribution in [0.1, 0.15) is 38.3 Å². The first-order valence-corrected chi connectivity index (χ1v) is 11.0. The van der Waals surface area contributed by atoms with Gasteiger partial charge in [-0.15, -0.1) is 0 Å². The average molecular weight is 480 g/mol. The van der Waals surface area contributed by atoms with Crippen LogP contribution in [-0.2, 0) is 25.6 Å². The highest BCUT2D eigenvalue weighted by atomic mass is 16.4. The van der Waals surface area contributed by atoms with E-state index >= 15 is 0 Å². The average Bonchev–Trinajstić information content (AvgIpc) is 3.47. The van der Waals surface area contributed by atoms with Gasteiger partial charge in [0.15, 0.2) is 5.96 Å². The fourth-order valence-corrected chi connectivity index (χ4v) is 3.65. The number of aromatic amines is 1. The number of likely N-dealkylation sites (tertiary alicyclic amines) is 1. The number of carboxylic acid groups (broad SMARTS) is 1. The molecule has 14 heteroatoms. The van der Waals surface area contributed by atoms with Gasteiger partial charge in [-0.1, -0.05) is 0 Å². The molecule has 1 saturated heterocycles. The molecule has 0 aromatic carbocycles. The van der Waals surface area contributed by atoms with Crippen LogP contribution in [0.5, 0.6) is 0 Å². The molecule has 0 saturated carbocycles. The molecule has 14 nitrogen and oxygen atoms in total. The van der Waals surface area contributed by atoms with E-state index in [9.17, 15) is 24.3 Å². The maximum Gasteiger partial charge on any atom is 0.326 e. The summed E-state index contributed by atoms with van der Waals surface area (Å²) >= 11 is 0. The van der Waals surface area contributed by atoms with Gasteiger partial charge in [0.2, 0.25) is 17.7 Å². The number of guanidine groups is 1. The molecule has 4 atom stereocenters. The molecule has 2 heterocycles. The van der Waals surface area contributed by atoms with E-state index in [4.69, 9.17) is 17.2 Å². The Kier molecular flexibility index (Phi) is 9.79. The maximum atomic E-state index is 12.8. The summed E-state index contributed by atoms with van der Waals surface area (Å²) in [6.07, 6.45) is 4.80. The van der Waals surface area contributed by atoms with Gasteiger partial charge >= 0.3 is 5.97 Å². The Morgan fingerprint density at radius 3 is 2.68 bits per heavy atom. The predicted molar refractivity (Wildman–Crippen MR) is 122 cm³/mol. The second-order valence-corrected chi connectivity index (χ2v) is 8.16. The number of hydrogen-bond donors (Lipinski definition) is 7. The topological polar surface area (TPSA) is 235 Å². The zero-order valence-corrected chi connectivity index (χ0v) is 19.1. The molecule has 10 N–H and O–H groups in total. The minimum Gasteiger partial charge on any atom is -0.480 e. The molecule has 1 aromatic heterocycles. The smallest absolute Gasteiger partial charge is 0.326 e. The van der Waals surface area contributed by atoms with E-state index in [0.717, 1.165) is 0 Å². The van der Waals surface area contributed by atoms with Crippen molar-refractivity contribution in [3.05, 3.63) is 18.2 Å². The van der Waals surface area contributed by atoms with Gasteiger partial charge in [0, 0.05) is 31.4 Å². The van der Waals surface area contributed by atoms with Crippen LogP contribution < -0.4 is 27.8 Å². The van der Waals surface area contributed by atoms with Crippen molar-refractivity contribution in [2.75, 3.05) is 13.1 Å². The summed E-state index contributed by atoms with van der Waals surface area (Å²) in [5.41, 5.74) is 17.1. The number of aliphatic imine (C=N–C) groups is 1. The quantitative estimate of drug-likeness (QED) is 0.0943. The monoisotopic (exact) mass is 479 g/mol. The fourth-order valence-electron chi connectivity index (χ4n) is 3.65. The van der Waals surface area contributed by atoms with E-state index in [1.807, 2.05) is 0 Å². The summed E-state index contributed by atoms with van der Waals surface area (Å²) in [6.45, 7) is 2.17. The molecule has 4 unspecified atom stereocenters. The number of carbonyl (C=O) groups excluding carboxylic acids is 3. The molecule has 2 rings (SSSR count). The maximum absolute atomic E-state index is 12.8. The van der Waals surface area contributed by atoms with Gasteiger partial charge in [0.05, 0.1) is 12.4 Å². The number of nitrogens with two attached hydrogens (primary N) is 3. The largest absolute Gasteiger partial charge is 0.480 e. The summed E-state index contributed by atoms with van der Waals surface area (Å²) in [5, 5.41) is 14.4. The second kappa shape index (κ2) is 12.5. The van der Waals surface area contributed by atoms with Crippen molar-refractivity contribution in [2.45, 2.75) is 63.2 Å². The Morgan fingerprint density at radius 1 is 1.32 bits per heavy atom. The van der Waals surface area contributed by atoms with Crippen LogP contribution in [0.25, 0.3) is 0 Å². The number of rotatable bonds is 12. The third-order valence-corrected chi connectivity index (χ3v) is 5.47. The van der Waals surface area contributed by atoms with E-state index in [1.165, 1.54) is 24.3 Å². The Labute approximate surface area is 196 Å². The molecule has 1 fully saturated rings. The Morgan fingerprint density at radius 2 is 2.06 bits per heavy atom. The van der Waals surface area contributed by atoms with Crippen molar-refractivity contribution in [2.24, 2.45) is 22.2 Å². The Balaban J connectivity index is 1.89. The standard InChI is InChI=1S/C20H33N9O5/c1-11(16(30)28-14(19(33)34)8-12-9-24-10-26-12)27-17(31)15-5-3-7-29(15)18(32)13(21)4-2-6-25-20(22)23/h9-11,13-15H,2-8,21H2,1H3,(H,24,26)(H,27,31)(H,28,30)(H,33,34)(H4,22,23,25). The van der Waals surface area contributed by atoms with Crippen LogP contribution in [-0.4, -0.2) is 86.9 Å². The molecule has 0 radical (unpaired) electrons. The summed E-state index contributed by atoms with van der Waals surface area (Å²) in [6, 6.07) is -3.77. The van der Waals surface area contributed by atoms with E-state index in [1.54, 1.807) is 0 Å². The van der Waals surface area contributed by atoms with Crippen LogP contribution >= 0.6 is 0 Å². The number of carbonyl (C=O) groups is 4. The summed E-state index contributed by atoms with van der Waals surface area (Å²) < 4.78 is 0. The third kappa shape index (κ3) is 7.72. The molecule has 188 valence electrons. The lowest BCUT2D eigenvalue weighted by atomic mass is 10.1. The molecule has 0 bridgehead atoms. The number of aliphatic carboxylic acids is 1. The fraction of sp³-hybridized carbons (Fsp3) is 0.600. The van der Waals surface area contributed by atoms with Crippen molar-refractivity contribution >= 4 is 29.7 Å². The molecule has 1 aromatic rings. The van der Waals surface area contributed by atoms with Gasteiger partial charge in [0.25, 0.3) is 0 Å². The first-order valence-electron chi connectivity index (χ1n) is 11.0. The van der Waals surface area contributed by atoms with Crippen molar-refractivity contribution in [3.8, 4) is 0 Å². The van der Waals surface area contributed by atoms with E-state index in [0.29, 0.717) is 44.5 Å². The molecule has 3 amide bonds. The molecule has 1 aliphatic rings. The molecular weight excluding hydrogens is 446 g/mol. The van der Waals surface area contributed by atoms with Gasteiger partial charge in [-0.25, -0.2) is 9.78 Å². The highest BCUT2D eigenvalue weighted by molar-refractivity contribution is 5.94. The highest BCUT2D eigenvalue weighted by Crippen LogP contribution is 2.19. The zero-order chi connectivity index (χ0) is 25.3. The first-order chi connectivity index (χ1) is 16.1. The van der Waals surface area contributed by atoms with Gasteiger partial charge in [-0.2, -0.15) is 0 Å². The van der Waals surface area contributed by atoms with Crippen LogP contribution in [0.2, 0.25) is 0 Å².